The molecule has 4 nitrogen and oxygen atoms in total. The Morgan fingerprint density at radius 3 is 2.42 bits per heavy atom. The van der Waals surface area contributed by atoms with E-state index >= 15 is 0 Å². The Balaban J connectivity index is 2.16. The number of carboxylic acids is 1. The van der Waals surface area contributed by atoms with E-state index in [0.717, 1.165) is 28.8 Å². The van der Waals surface area contributed by atoms with Gasteiger partial charge in [-0.25, -0.2) is 4.79 Å². The molecule has 0 fully saturated rings. The SMILES string of the molecule is CCC(c1ccc(C)cc1)n1nc(C(=O)O)cc1-c1ccc(Cl)c(C)c1. The van der Waals surface area contributed by atoms with Crippen LogP contribution in [0.1, 0.15) is 46.6 Å². The number of hydrogen-bond donors (Lipinski definition) is 1. The van der Waals surface area contributed by atoms with Gasteiger partial charge in [-0.3, -0.25) is 4.68 Å². The van der Waals surface area contributed by atoms with Gasteiger partial charge in [0.05, 0.1) is 11.7 Å². The van der Waals surface area contributed by atoms with Gasteiger partial charge in [0.1, 0.15) is 0 Å². The van der Waals surface area contributed by atoms with Crippen LogP contribution in [0.5, 0.6) is 0 Å². The topological polar surface area (TPSA) is 55.1 Å². The minimum Gasteiger partial charge on any atom is -0.476 e. The molecule has 1 unspecified atom stereocenters. The third-order valence-electron chi connectivity index (χ3n) is 4.55. The van der Waals surface area contributed by atoms with Crippen molar-refractivity contribution >= 4 is 17.6 Å². The number of aryl methyl sites for hydroxylation is 2. The number of rotatable bonds is 5. The molecule has 0 aliphatic carbocycles. The zero-order chi connectivity index (χ0) is 18.8. The molecule has 0 amide bonds. The van der Waals surface area contributed by atoms with Crippen molar-refractivity contribution in [1.82, 2.24) is 9.78 Å². The van der Waals surface area contributed by atoms with Crippen molar-refractivity contribution in [2.45, 2.75) is 33.2 Å². The predicted octanol–water partition coefficient (Wildman–Crippen LogP) is 5.52. The molecule has 1 aromatic heterocycles. The third-order valence-corrected chi connectivity index (χ3v) is 4.98. The summed E-state index contributed by atoms with van der Waals surface area (Å²) in [5, 5.41) is 14.5. The molecule has 3 rings (SSSR count). The number of carbonyl (C=O) groups is 1. The molecule has 0 radical (unpaired) electrons. The minimum absolute atomic E-state index is 0.0400. The van der Waals surface area contributed by atoms with Crippen molar-refractivity contribution in [2.24, 2.45) is 0 Å². The van der Waals surface area contributed by atoms with Crippen molar-refractivity contribution in [3.63, 3.8) is 0 Å². The maximum atomic E-state index is 11.5. The Labute approximate surface area is 158 Å². The smallest absolute Gasteiger partial charge is 0.356 e. The lowest BCUT2D eigenvalue weighted by Gasteiger charge is -2.20. The van der Waals surface area contributed by atoms with Gasteiger partial charge in [0.2, 0.25) is 0 Å². The summed E-state index contributed by atoms with van der Waals surface area (Å²) < 4.78 is 1.82. The van der Waals surface area contributed by atoms with Crippen molar-refractivity contribution in [1.29, 1.82) is 0 Å². The second-order valence-electron chi connectivity index (χ2n) is 6.46. The lowest BCUT2D eigenvalue weighted by Crippen LogP contribution is -2.13. The van der Waals surface area contributed by atoms with E-state index in [1.54, 1.807) is 6.07 Å². The van der Waals surface area contributed by atoms with Gasteiger partial charge in [-0.05, 0) is 49.6 Å². The van der Waals surface area contributed by atoms with Crippen LogP contribution < -0.4 is 0 Å². The van der Waals surface area contributed by atoms with Crippen molar-refractivity contribution < 1.29 is 9.90 Å². The van der Waals surface area contributed by atoms with Gasteiger partial charge in [-0.15, -0.1) is 0 Å². The number of aromatic carboxylic acids is 1. The molecular formula is C21H21ClN2O2. The van der Waals surface area contributed by atoms with Crippen LogP contribution >= 0.6 is 11.6 Å². The zero-order valence-corrected chi connectivity index (χ0v) is 15.8. The predicted molar refractivity (Wildman–Crippen MR) is 104 cm³/mol. The normalized spacial score (nSPS) is 12.2. The maximum absolute atomic E-state index is 11.5. The first-order valence-corrected chi connectivity index (χ1v) is 8.94. The van der Waals surface area contributed by atoms with E-state index in [-0.39, 0.29) is 11.7 Å². The summed E-state index contributed by atoms with van der Waals surface area (Å²) in [5.41, 5.74) is 4.94. The third kappa shape index (κ3) is 3.51. The standard InChI is InChI=1S/C21H21ClN2O2/c1-4-19(15-7-5-13(2)6-8-15)24-20(12-18(23-24)21(25)26)16-9-10-17(22)14(3)11-16/h5-12,19H,4H2,1-3H3,(H,25,26). The van der Waals surface area contributed by atoms with E-state index in [2.05, 4.69) is 36.3 Å². The van der Waals surface area contributed by atoms with Crippen molar-refractivity contribution in [3.8, 4) is 11.3 Å². The first-order chi connectivity index (χ1) is 12.4. The van der Waals surface area contributed by atoms with Crippen LogP contribution in [0.2, 0.25) is 5.02 Å². The molecule has 1 N–H and O–H groups in total. The number of aromatic nitrogens is 2. The molecule has 5 heteroatoms. The summed E-state index contributed by atoms with van der Waals surface area (Å²) in [5.74, 6) is -1.03. The van der Waals surface area contributed by atoms with E-state index in [4.69, 9.17) is 11.6 Å². The highest BCUT2D eigenvalue weighted by atomic mass is 35.5. The highest BCUT2D eigenvalue weighted by Crippen LogP contribution is 2.31. The van der Waals surface area contributed by atoms with Crippen LogP contribution in [0, 0.1) is 13.8 Å². The summed E-state index contributed by atoms with van der Waals surface area (Å²) in [6.07, 6.45) is 0.795. The molecule has 3 aromatic rings. The quantitative estimate of drug-likeness (QED) is 0.645. The molecule has 0 aliphatic heterocycles. The fraction of sp³-hybridized carbons (Fsp3) is 0.238. The van der Waals surface area contributed by atoms with Crippen LogP contribution in [-0.4, -0.2) is 20.9 Å². The first-order valence-electron chi connectivity index (χ1n) is 8.56. The average Bonchev–Trinajstić information content (AvgIpc) is 3.05. The Morgan fingerprint density at radius 1 is 1.15 bits per heavy atom. The first kappa shape index (κ1) is 18.2. The monoisotopic (exact) mass is 368 g/mol. The number of carboxylic acid groups (broad SMARTS) is 1. The summed E-state index contributed by atoms with van der Waals surface area (Å²) >= 11 is 6.15. The summed E-state index contributed by atoms with van der Waals surface area (Å²) in [7, 11) is 0. The zero-order valence-electron chi connectivity index (χ0n) is 15.0. The Bertz CT molecular complexity index is 945. The molecule has 1 heterocycles. The van der Waals surface area contributed by atoms with Gasteiger partial charge in [-0.2, -0.15) is 5.10 Å². The Morgan fingerprint density at radius 2 is 1.85 bits per heavy atom. The molecule has 2 aromatic carbocycles. The summed E-state index contributed by atoms with van der Waals surface area (Å²) in [4.78, 5) is 11.5. The van der Waals surface area contributed by atoms with Gasteiger partial charge >= 0.3 is 5.97 Å². The number of benzene rings is 2. The lowest BCUT2D eigenvalue weighted by molar-refractivity contribution is 0.0689. The van der Waals surface area contributed by atoms with E-state index in [0.29, 0.717) is 5.02 Å². The van der Waals surface area contributed by atoms with Crippen LogP contribution in [0.3, 0.4) is 0 Å². The van der Waals surface area contributed by atoms with Gasteiger partial charge in [0, 0.05) is 10.6 Å². The van der Waals surface area contributed by atoms with E-state index in [1.165, 1.54) is 5.56 Å². The molecule has 0 aliphatic rings. The highest BCUT2D eigenvalue weighted by molar-refractivity contribution is 6.31. The molecule has 26 heavy (non-hydrogen) atoms. The fourth-order valence-corrected chi connectivity index (χ4v) is 3.21. The van der Waals surface area contributed by atoms with Gasteiger partial charge in [0.25, 0.3) is 0 Å². The van der Waals surface area contributed by atoms with Crippen molar-refractivity contribution in [3.05, 3.63) is 75.9 Å². The van der Waals surface area contributed by atoms with Gasteiger partial charge < -0.3 is 5.11 Å². The van der Waals surface area contributed by atoms with Crippen LogP contribution in [-0.2, 0) is 0 Å². The highest BCUT2D eigenvalue weighted by Gasteiger charge is 2.21. The van der Waals surface area contributed by atoms with E-state index in [1.807, 2.05) is 36.7 Å². The minimum atomic E-state index is -1.03. The lowest BCUT2D eigenvalue weighted by atomic mass is 10.0. The van der Waals surface area contributed by atoms with Crippen molar-refractivity contribution in [2.75, 3.05) is 0 Å². The number of nitrogens with zero attached hydrogens (tertiary/aromatic N) is 2. The van der Waals surface area contributed by atoms with Crippen LogP contribution in [0.25, 0.3) is 11.3 Å². The second-order valence-corrected chi connectivity index (χ2v) is 6.87. The average molecular weight is 369 g/mol. The molecule has 0 saturated carbocycles. The Kier molecular flexibility index (Phi) is 5.14. The van der Waals surface area contributed by atoms with Gasteiger partial charge in [-0.1, -0.05) is 54.4 Å². The van der Waals surface area contributed by atoms with Crippen LogP contribution in [0.15, 0.2) is 48.5 Å². The van der Waals surface area contributed by atoms with Gasteiger partial charge in [0.15, 0.2) is 5.69 Å². The molecule has 0 spiro atoms. The van der Waals surface area contributed by atoms with Crippen LogP contribution in [0.4, 0.5) is 0 Å². The molecule has 134 valence electrons. The van der Waals surface area contributed by atoms with E-state index in [9.17, 15) is 9.90 Å². The number of halogens is 1. The number of hydrogen-bond acceptors (Lipinski definition) is 2. The summed E-state index contributed by atoms with van der Waals surface area (Å²) in [6.45, 7) is 6.05. The molecular weight excluding hydrogens is 348 g/mol. The molecule has 0 saturated heterocycles. The molecule has 0 bridgehead atoms. The summed E-state index contributed by atoms with van der Waals surface area (Å²) in [6, 6.07) is 15.5. The largest absolute Gasteiger partial charge is 0.476 e. The second kappa shape index (κ2) is 7.34. The molecule has 1 atom stereocenters. The maximum Gasteiger partial charge on any atom is 0.356 e. The van der Waals surface area contributed by atoms with E-state index < -0.39 is 5.97 Å². The fourth-order valence-electron chi connectivity index (χ4n) is 3.09. The Hall–Kier alpha value is -2.59.